The molecule has 0 aliphatic heterocycles. The van der Waals surface area contributed by atoms with Gasteiger partial charge < -0.3 is 16.0 Å². The van der Waals surface area contributed by atoms with Crippen LogP contribution in [-0.4, -0.2) is 30.9 Å². The molecule has 6 heteroatoms. The Hall–Kier alpha value is -0.970. The topological polar surface area (TPSA) is 58.4 Å². The van der Waals surface area contributed by atoms with E-state index in [-0.39, 0.29) is 5.91 Å². The molecule has 118 valence electrons. The van der Waals surface area contributed by atoms with Crippen LogP contribution in [0.15, 0.2) is 12.1 Å². The number of carbonyl (C=O) groups is 1. The summed E-state index contributed by atoms with van der Waals surface area (Å²) in [6, 6.07) is 3.13. The zero-order chi connectivity index (χ0) is 15.8. The maximum absolute atomic E-state index is 11.9. The minimum absolute atomic E-state index is 0.0881. The number of nitrogens with two attached hydrogens (primary N) is 1. The van der Waals surface area contributed by atoms with E-state index >= 15 is 0 Å². The molecule has 4 nitrogen and oxygen atoms in total. The van der Waals surface area contributed by atoms with Gasteiger partial charge in [0.1, 0.15) is 0 Å². The number of hydrogen-bond donors (Lipinski definition) is 2. The Balaban J connectivity index is 2.41. The summed E-state index contributed by atoms with van der Waals surface area (Å²) in [4.78, 5) is 14.2. The normalized spacial score (nSPS) is 10.9. The predicted octanol–water partition coefficient (Wildman–Crippen LogP) is 4.03. The fourth-order valence-corrected chi connectivity index (χ4v) is 2.53. The van der Waals surface area contributed by atoms with Crippen LogP contribution in [0, 0.1) is 0 Å². The first-order chi connectivity index (χ1) is 9.93. The lowest BCUT2D eigenvalue weighted by molar-refractivity contribution is -0.116. The highest BCUT2D eigenvalue weighted by Crippen LogP contribution is 2.32. The molecular formula is C15H23Cl2N3O. The van der Waals surface area contributed by atoms with Crippen molar-refractivity contribution in [2.45, 2.75) is 32.6 Å². The zero-order valence-electron chi connectivity index (χ0n) is 12.6. The van der Waals surface area contributed by atoms with E-state index in [1.165, 1.54) is 12.8 Å². The standard InChI is InChI=1S/C15H23Cl2N3O/c1-3-4-7-20(2)8-5-6-14(21)19-15-12(17)9-11(16)10-13(15)18/h9-10H,3-8,18H2,1-2H3,(H,19,21). The van der Waals surface area contributed by atoms with Crippen molar-refractivity contribution in [1.29, 1.82) is 0 Å². The molecule has 0 heterocycles. The molecule has 0 radical (unpaired) electrons. The van der Waals surface area contributed by atoms with Gasteiger partial charge in [-0.2, -0.15) is 0 Å². The second-order valence-corrected chi connectivity index (χ2v) is 6.00. The van der Waals surface area contributed by atoms with Gasteiger partial charge >= 0.3 is 0 Å². The quantitative estimate of drug-likeness (QED) is 0.707. The van der Waals surface area contributed by atoms with Crippen molar-refractivity contribution >= 4 is 40.5 Å². The van der Waals surface area contributed by atoms with Gasteiger partial charge in [-0.25, -0.2) is 0 Å². The first kappa shape index (κ1) is 18.1. The average Bonchev–Trinajstić information content (AvgIpc) is 2.40. The fraction of sp³-hybridized carbons (Fsp3) is 0.533. The number of unbranched alkanes of at least 4 members (excludes halogenated alkanes) is 1. The molecule has 0 spiro atoms. The average molecular weight is 332 g/mol. The third-order valence-corrected chi connectivity index (χ3v) is 3.70. The minimum atomic E-state index is -0.0881. The molecule has 0 aliphatic rings. The van der Waals surface area contributed by atoms with Crippen LogP contribution in [0.1, 0.15) is 32.6 Å². The monoisotopic (exact) mass is 331 g/mol. The number of nitrogens with zero attached hydrogens (tertiary/aromatic N) is 1. The van der Waals surface area contributed by atoms with Crippen LogP contribution >= 0.6 is 23.2 Å². The van der Waals surface area contributed by atoms with Crippen LogP contribution in [0.3, 0.4) is 0 Å². The molecule has 0 saturated heterocycles. The lowest BCUT2D eigenvalue weighted by Crippen LogP contribution is -2.22. The smallest absolute Gasteiger partial charge is 0.224 e. The summed E-state index contributed by atoms with van der Waals surface area (Å²) in [5, 5.41) is 3.56. The number of nitrogen functional groups attached to an aromatic ring is 1. The second kappa shape index (κ2) is 9.13. The largest absolute Gasteiger partial charge is 0.397 e. The fourth-order valence-electron chi connectivity index (χ4n) is 1.98. The van der Waals surface area contributed by atoms with Crippen molar-refractivity contribution in [3.8, 4) is 0 Å². The predicted molar refractivity (Wildman–Crippen MR) is 91.1 cm³/mol. The highest BCUT2D eigenvalue weighted by atomic mass is 35.5. The summed E-state index contributed by atoms with van der Waals surface area (Å²) in [6.45, 7) is 4.13. The lowest BCUT2D eigenvalue weighted by atomic mass is 10.2. The van der Waals surface area contributed by atoms with Gasteiger partial charge in [0.25, 0.3) is 0 Å². The third-order valence-electron chi connectivity index (χ3n) is 3.19. The first-order valence-corrected chi connectivity index (χ1v) is 7.92. The zero-order valence-corrected chi connectivity index (χ0v) is 14.1. The van der Waals surface area contributed by atoms with Gasteiger partial charge in [-0.05, 0) is 45.1 Å². The SMILES string of the molecule is CCCCN(C)CCCC(=O)Nc1c(N)cc(Cl)cc1Cl. The van der Waals surface area contributed by atoms with Crippen LogP contribution in [0.5, 0.6) is 0 Å². The van der Waals surface area contributed by atoms with Crippen LogP contribution in [0.4, 0.5) is 11.4 Å². The number of carbonyl (C=O) groups excluding carboxylic acids is 1. The van der Waals surface area contributed by atoms with Crippen molar-refractivity contribution in [3.63, 3.8) is 0 Å². The number of rotatable bonds is 8. The van der Waals surface area contributed by atoms with E-state index < -0.39 is 0 Å². The maximum atomic E-state index is 11.9. The Morgan fingerprint density at radius 2 is 1.95 bits per heavy atom. The Labute approximate surface area is 136 Å². The summed E-state index contributed by atoms with van der Waals surface area (Å²) in [6.07, 6.45) is 3.60. The molecular weight excluding hydrogens is 309 g/mol. The van der Waals surface area contributed by atoms with E-state index in [2.05, 4.69) is 24.2 Å². The van der Waals surface area contributed by atoms with Crippen LogP contribution in [0.25, 0.3) is 0 Å². The van der Waals surface area contributed by atoms with E-state index in [1.807, 2.05) is 0 Å². The van der Waals surface area contributed by atoms with Gasteiger partial charge in [0.15, 0.2) is 0 Å². The van der Waals surface area contributed by atoms with Crippen LogP contribution in [0.2, 0.25) is 10.0 Å². The highest BCUT2D eigenvalue weighted by Gasteiger charge is 2.10. The summed E-state index contributed by atoms with van der Waals surface area (Å²) in [5.74, 6) is -0.0881. The molecule has 0 bridgehead atoms. The van der Waals surface area contributed by atoms with Crippen LogP contribution < -0.4 is 11.1 Å². The Bertz CT molecular complexity index is 457. The van der Waals surface area contributed by atoms with Gasteiger partial charge in [-0.1, -0.05) is 36.5 Å². The Kier molecular flexibility index (Phi) is 7.86. The van der Waals surface area contributed by atoms with Crippen LogP contribution in [-0.2, 0) is 4.79 Å². The molecule has 1 aromatic rings. The number of anilines is 2. The third kappa shape index (κ3) is 6.55. The van der Waals surface area contributed by atoms with E-state index in [9.17, 15) is 4.79 Å². The Morgan fingerprint density at radius 3 is 2.57 bits per heavy atom. The summed E-state index contributed by atoms with van der Waals surface area (Å²) >= 11 is 11.9. The molecule has 0 aliphatic carbocycles. The molecule has 21 heavy (non-hydrogen) atoms. The Morgan fingerprint density at radius 1 is 1.29 bits per heavy atom. The minimum Gasteiger partial charge on any atom is -0.397 e. The first-order valence-electron chi connectivity index (χ1n) is 7.17. The van der Waals surface area contributed by atoms with Gasteiger partial charge in [-0.15, -0.1) is 0 Å². The highest BCUT2D eigenvalue weighted by molar-refractivity contribution is 6.37. The molecule has 3 N–H and O–H groups in total. The van der Waals surface area contributed by atoms with Gasteiger partial charge in [0.05, 0.1) is 16.4 Å². The maximum Gasteiger partial charge on any atom is 0.224 e. The molecule has 1 amide bonds. The molecule has 0 fully saturated rings. The number of benzene rings is 1. The van der Waals surface area contributed by atoms with E-state index in [1.54, 1.807) is 12.1 Å². The molecule has 0 unspecified atom stereocenters. The summed E-state index contributed by atoms with van der Waals surface area (Å²) < 4.78 is 0. The number of hydrogen-bond acceptors (Lipinski definition) is 3. The molecule has 1 rings (SSSR count). The van der Waals surface area contributed by atoms with E-state index in [0.29, 0.717) is 27.8 Å². The van der Waals surface area contributed by atoms with Crippen molar-refractivity contribution in [1.82, 2.24) is 4.90 Å². The number of amides is 1. The van der Waals surface area contributed by atoms with Gasteiger partial charge in [0.2, 0.25) is 5.91 Å². The summed E-state index contributed by atoms with van der Waals surface area (Å²) in [5.41, 5.74) is 6.62. The molecule has 0 aromatic heterocycles. The van der Waals surface area contributed by atoms with Crippen molar-refractivity contribution in [3.05, 3.63) is 22.2 Å². The summed E-state index contributed by atoms with van der Waals surface area (Å²) in [7, 11) is 2.07. The second-order valence-electron chi connectivity index (χ2n) is 5.16. The van der Waals surface area contributed by atoms with Gasteiger partial charge in [0, 0.05) is 11.4 Å². The van der Waals surface area contributed by atoms with Crippen molar-refractivity contribution in [2.75, 3.05) is 31.2 Å². The van der Waals surface area contributed by atoms with Crippen molar-refractivity contribution in [2.24, 2.45) is 0 Å². The molecule has 1 aromatic carbocycles. The number of halogens is 2. The number of nitrogens with one attached hydrogen (secondary N) is 1. The van der Waals surface area contributed by atoms with Crippen molar-refractivity contribution < 1.29 is 4.79 Å². The molecule has 0 atom stereocenters. The van der Waals surface area contributed by atoms with E-state index in [4.69, 9.17) is 28.9 Å². The molecule has 0 saturated carbocycles. The van der Waals surface area contributed by atoms with E-state index in [0.717, 1.165) is 19.5 Å². The lowest BCUT2D eigenvalue weighted by Gasteiger charge is -2.16. The van der Waals surface area contributed by atoms with Gasteiger partial charge in [-0.3, -0.25) is 4.79 Å².